The number of piperidine rings is 1. The Balaban J connectivity index is 1.34. The molecule has 1 N–H and O–H groups in total. The molecule has 5 rings (SSSR count). The van der Waals surface area contributed by atoms with Gasteiger partial charge in [0.1, 0.15) is 11.9 Å². The molecule has 9 heteroatoms. The highest BCUT2D eigenvalue weighted by Gasteiger charge is 2.45. The molecule has 1 saturated carbocycles. The van der Waals surface area contributed by atoms with Gasteiger partial charge in [0.05, 0.1) is 16.8 Å². The minimum absolute atomic E-state index is 0.0302. The lowest BCUT2D eigenvalue weighted by atomic mass is 9.94. The summed E-state index contributed by atoms with van der Waals surface area (Å²) in [5, 5.41) is 2.17. The first-order chi connectivity index (χ1) is 15.4. The fourth-order valence-corrected chi connectivity index (χ4v) is 5.26. The average molecular weight is 441 g/mol. The van der Waals surface area contributed by atoms with E-state index in [-0.39, 0.29) is 24.0 Å². The molecule has 32 heavy (non-hydrogen) atoms. The van der Waals surface area contributed by atoms with E-state index in [0.717, 1.165) is 36.9 Å². The van der Waals surface area contributed by atoms with Crippen molar-refractivity contribution in [2.45, 2.75) is 51.0 Å². The Morgan fingerprint density at radius 2 is 1.44 bits per heavy atom. The van der Waals surface area contributed by atoms with Crippen LogP contribution in [0.4, 0.5) is 10.1 Å². The van der Waals surface area contributed by atoms with Gasteiger partial charge in [0.2, 0.25) is 11.8 Å². The number of benzene rings is 1. The summed E-state index contributed by atoms with van der Waals surface area (Å²) >= 11 is 0. The Kier molecular flexibility index (Phi) is 5.44. The summed E-state index contributed by atoms with van der Waals surface area (Å²) in [4.78, 5) is 54.7. The number of nitrogens with one attached hydrogen (secondary N) is 1. The maximum atomic E-state index is 15.0. The molecule has 3 heterocycles. The highest BCUT2D eigenvalue weighted by molar-refractivity contribution is 6.23. The second-order valence-corrected chi connectivity index (χ2v) is 8.90. The smallest absolute Gasteiger partial charge is 0.262 e. The summed E-state index contributed by atoms with van der Waals surface area (Å²) < 4.78 is 15.0. The van der Waals surface area contributed by atoms with Crippen LogP contribution < -0.4 is 10.2 Å². The van der Waals surface area contributed by atoms with Crippen molar-refractivity contribution < 1.29 is 23.6 Å². The topological polar surface area (TPSA) is 90.0 Å². The molecular weight excluding hydrogens is 415 g/mol. The van der Waals surface area contributed by atoms with E-state index < -0.39 is 35.5 Å². The van der Waals surface area contributed by atoms with Crippen LogP contribution in [0.3, 0.4) is 0 Å². The molecule has 0 spiro atoms. The maximum Gasteiger partial charge on any atom is 0.262 e. The van der Waals surface area contributed by atoms with Crippen molar-refractivity contribution in [2.75, 3.05) is 31.1 Å². The van der Waals surface area contributed by atoms with E-state index >= 15 is 4.39 Å². The molecular formula is C23H26FN4O4. The molecule has 1 aromatic carbocycles. The first-order valence-corrected chi connectivity index (χ1v) is 11.3. The lowest BCUT2D eigenvalue weighted by molar-refractivity contribution is -0.136. The zero-order valence-electron chi connectivity index (χ0n) is 17.9. The van der Waals surface area contributed by atoms with E-state index in [1.165, 1.54) is 31.4 Å². The van der Waals surface area contributed by atoms with Crippen LogP contribution in [0.1, 0.15) is 65.7 Å². The number of halogens is 1. The fraction of sp³-hybridized carbons (Fsp3) is 0.522. The lowest BCUT2D eigenvalue weighted by Crippen LogP contribution is -2.54. The number of fused-ring (bicyclic) bond motifs is 1. The van der Waals surface area contributed by atoms with Gasteiger partial charge in [-0.2, -0.15) is 0 Å². The van der Waals surface area contributed by atoms with Crippen molar-refractivity contribution in [1.29, 1.82) is 0 Å². The van der Waals surface area contributed by atoms with E-state index in [1.807, 2.05) is 4.90 Å². The first-order valence-electron chi connectivity index (χ1n) is 11.3. The van der Waals surface area contributed by atoms with Crippen molar-refractivity contribution in [1.82, 2.24) is 15.1 Å². The molecule has 0 bridgehead atoms. The Hall–Kier alpha value is -2.81. The molecule has 2 saturated heterocycles. The number of rotatable bonds is 3. The zero-order valence-corrected chi connectivity index (χ0v) is 17.9. The van der Waals surface area contributed by atoms with Crippen LogP contribution in [0, 0.1) is 11.9 Å². The second kappa shape index (κ2) is 8.27. The SMILES string of the molecule is O=C1CCC(N2C(=O)c3cc(F)c(N4CCN([C]5CCCCC5)CC4)cc3C2=O)C(=O)N1. The molecule has 1 aliphatic carbocycles. The van der Waals surface area contributed by atoms with Crippen LogP contribution in [0.25, 0.3) is 0 Å². The van der Waals surface area contributed by atoms with Crippen LogP contribution in [0.2, 0.25) is 0 Å². The summed E-state index contributed by atoms with van der Waals surface area (Å²) in [6, 6.07) is 2.99. The summed E-state index contributed by atoms with van der Waals surface area (Å²) in [5.74, 6) is -2.95. The monoisotopic (exact) mass is 441 g/mol. The number of imide groups is 2. The number of piperazine rings is 1. The number of hydrogen-bond acceptors (Lipinski definition) is 6. The third-order valence-electron chi connectivity index (χ3n) is 7.01. The number of carbonyl (C=O) groups excluding carboxylic acids is 4. The normalized spacial score (nSPS) is 25.3. The van der Waals surface area contributed by atoms with Gasteiger partial charge in [-0.05, 0) is 31.4 Å². The van der Waals surface area contributed by atoms with Gasteiger partial charge in [0.15, 0.2) is 0 Å². The highest BCUT2D eigenvalue weighted by Crippen LogP contribution is 2.34. The standard InChI is InChI=1S/C23H26FN4O4/c24-17-12-15-16(23(32)28(22(15)31)18-6-7-20(29)25-21(18)30)13-19(17)27-10-8-26(9-11-27)14-4-2-1-3-5-14/h12-13,18H,1-11H2,(H,25,29,30). The number of amides is 4. The molecule has 4 amide bonds. The number of nitrogens with zero attached hydrogens (tertiary/aromatic N) is 3. The molecule has 3 aliphatic heterocycles. The molecule has 3 fully saturated rings. The molecule has 1 radical (unpaired) electrons. The van der Waals surface area contributed by atoms with E-state index in [9.17, 15) is 19.2 Å². The van der Waals surface area contributed by atoms with Crippen LogP contribution in [-0.4, -0.2) is 65.6 Å². The molecule has 0 aromatic heterocycles. The van der Waals surface area contributed by atoms with E-state index in [1.54, 1.807) is 0 Å². The van der Waals surface area contributed by atoms with Gasteiger partial charge in [0, 0.05) is 38.6 Å². The largest absolute Gasteiger partial charge is 0.367 e. The Morgan fingerprint density at radius 1 is 0.812 bits per heavy atom. The van der Waals surface area contributed by atoms with Crippen LogP contribution in [0.15, 0.2) is 12.1 Å². The van der Waals surface area contributed by atoms with Crippen LogP contribution in [-0.2, 0) is 9.59 Å². The van der Waals surface area contributed by atoms with Crippen molar-refractivity contribution in [2.24, 2.45) is 0 Å². The van der Waals surface area contributed by atoms with Gasteiger partial charge in [-0.25, -0.2) is 4.39 Å². The second-order valence-electron chi connectivity index (χ2n) is 8.90. The van der Waals surface area contributed by atoms with Crippen molar-refractivity contribution in [3.8, 4) is 0 Å². The quantitative estimate of drug-likeness (QED) is 0.720. The summed E-state index contributed by atoms with van der Waals surface area (Å²) in [6.45, 7) is 2.89. The number of hydrogen-bond donors (Lipinski definition) is 1. The van der Waals surface area contributed by atoms with Gasteiger partial charge >= 0.3 is 0 Å². The van der Waals surface area contributed by atoms with Crippen LogP contribution >= 0.6 is 0 Å². The summed E-state index contributed by atoms with van der Waals surface area (Å²) in [6.07, 6.45) is 6.15. The van der Waals surface area contributed by atoms with E-state index in [2.05, 4.69) is 10.2 Å². The minimum atomic E-state index is -1.05. The van der Waals surface area contributed by atoms with E-state index in [4.69, 9.17) is 0 Å². The summed E-state index contributed by atoms with van der Waals surface area (Å²) in [5.41, 5.74) is 0.390. The van der Waals surface area contributed by atoms with Gasteiger partial charge in [-0.3, -0.25) is 34.3 Å². The van der Waals surface area contributed by atoms with Gasteiger partial charge in [0.25, 0.3) is 11.8 Å². The third kappa shape index (κ3) is 3.58. The Morgan fingerprint density at radius 3 is 2.09 bits per heavy atom. The minimum Gasteiger partial charge on any atom is -0.367 e. The maximum absolute atomic E-state index is 15.0. The fourth-order valence-electron chi connectivity index (χ4n) is 5.26. The van der Waals surface area contributed by atoms with Gasteiger partial charge in [-0.15, -0.1) is 0 Å². The van der Waals surface area contributed by atoms with Gasteiger partial charge < -0.3 is 4.90 Å². The first kappa shape index (κ1) is 21.1. The lowest BCUT2D eigenvalue weighted by Gasteiger charge is -2.41. The van der Waals surface area contributed by atoms with Gasteiger partial charge in [-0.1, -0.05) is 19.3 Å². The Labute approximate surface area is 185 Å². The molecule has 1 unspecified atom stereocenters. The number of anilines is 1. The van der Waals surface area contributed by atoms with Crippen molar-refractivity contribution >= 4 is 29.3 Å². The highest BCUT2D eigenvalue weighted by atomic mass is 19.1. The predicted octanol–water partition coefficient (Wildman–Crippen LogP) is 1.84. The molecule has 4 aliphatic rings. The van der Waals surface area contributed by atoms with Crippen molar-refractivity contribution in [3.05, 3.63) is 35.1 Å². The average Bonchev–Trinajstić information content (AvgIpc) is 3.03. The van der Waals surface area contributed by atoms with E-state index in [0.29, 0.717) is 18.8 Å². The van der Waals surface area contributed by atoms with Crippen LogP contribution in [0.5, 0.6) is 0 Å². The number of carbonyl (C=O) groups is 4. The molecule has 8 nitrogen and oxygen atoms in total. The third-order valence-corrected chi connectivity index (χ3v) is 7.01. The van der Waals surface area contributed by atoms with Crippen molar-refractivity contribution in [3.63, 3.8) is 0 Å². The predicted molar refractivity (Wildman–Crippen MR) is 113 cm³/mol. The zero-order chi connectivity index (χ0) is 22.4. The Bertz CT molecular complexity index is 982. The molecule has 1 atom stereocenters. The summed E-state index contributed by atoms with van der Waals surface area (Å²) in [7, 11) is 0. The molecule has 1 aromatic rings. The molecule has 169 valence electrons.